The van der Waals surface area contributed by atoms with Gasteiger partial charge in [-0.25, -0.2) is 9.69 Å². The summed E-state index contributed by atoms with van der Waals surface area (Å²) in [5, 5.41) is 2.75. The first-order valence-corrected chi connectivity index (χ1v) is 7.89. The number of nitrogens with zero attached hydrogens (tertiary/aromatic N) is 2. The molecule has 2 aromatic carbocycles. The minimum absolute atomic E-state index is 0.433. The van der Waals surface area contributed by atoms with E-state index in [1.165, 1.54) is 6.21 Å². The number of aliphatic imine (C=N–C) groups is 1. The monoisotopic (exact) mass is 355 g/mol. The summed E-state index contributed by atoms with van der Waals surface area (Å²) in [6, 6.07) is 12.8. The Hall–Kier alpha value is -2.99. The van der Waals surface area contributed by atoms with Gasteiger partial charge in [0, 0.05) is 11.2 Å². The van der Waals surface area contributed by atoms with E-state index < -0.39 is 23.8 Å². The van der Waals surface area contributed by atoms with Crippen LogP contribution in [0.2, 0.25) is 5.02 Å². The van der Waals surface area contributed by atoms with E-state index in [0.29, 0.717) is 16.4 Å². The first-order chi connectivity index (χ1) is 12.0. The lowest BCUT2D eigenvalue weighted by molar-refractivity contribution is -0.131. The maximum Gasteiger partial charge on any atom is 0.335 e. The van der Waals surface area contributed by atoms with Crippen LogP contribution in [0.1, 0.15) is 5.56 Å². The minimum Gasteiger partial charge on any atom is -0.276 e. The molecule has 0 bridgehead atoms. The molecule has 126 valence electrons. The summed E-state index contributed by atoms with van der Waals surface area (Å²) in [6.07, 6.45) is 1.23. The lowest BCUT2D eigenvalue weighted by Gasteiger charge is -2.29. The number of benzene rings is 2. The van der Waals surface area contributed by atoms with Crippen LogP contribution in [0.25, 0.3) is 0 Å². The molecule has 25 heavy (non-hydrogen) atoms. The zero-order valence-electron chi connectivity index (χ0n) is 13.3. The van der Waals surface area contributed by atoms with Crippen molar-refractivity contribution in [1.29, 1.82) is 0 Å². The minimum atomic E-state index is -1.19. The highest BCUT2D eigenvalue weighted by Gasteiger charge is 2.40. The number of aryl methyl sites for hydroxylation is 1. The number of carbonyl (C=O) groups excluding carboxylic acids is 3. The van der Waals surface area contributed by atoms with Gasteiger partial charge in [0.15, 0.2) is 5.92 Å². The maximum atomic E-state index is 12.7. The first kappa shape index (κ1) is 16.9. The van der Waals surface area contributed by atoms with Crippen molar-refractivity contribution >= 4 is 47.0 Å². The molecule has 1 heterocycles. The number of hydrogen-bond donors (Lipinski definition) is 1. The second-order valence-corrected chi connectivity index (χ2v) is 5.92. The molecule has 1 aliphatic rings. The molecular weight excluding hydrogens is 342 g/mol. The van der Waals surface area contributed by atoms with E-state index in [4.69, 9.17) is 11.6 Å². The molecule has 1 saturated heterocycles. The molecule has 1 atom stereocenters. The van der Waals surface area contributed by atoms with Gasteiger partial charge in [-0.05, 0) is 42.8 Å². The van der Waals surface area contributed by atoms with E-state index in [9.17, 15) is 14.4 Å². The highest BCUT2D eigenvalue weighted by atomic mass is 35.5. The third kappa shape index (κ3) is 3.44. The molecule has 3 rings (SSSR count). The zero-order valence-corrected chi connectivity index (χ0v) is 14.0. The third-order valence-electron chi connectivity index (χ3n) is 3.76. The Balaban J connectivity index is 1.90. The van der Waals surface area contributed by atoms with Crippen molar-refractivity contribution in [3.8, 4) is 0 Å². The van der Waals surface area contributed by atoms with Crippen LogP contribution in [0.15, 0.2) is 53.5 Å². The Kier molecular flexibility index (Phi) is 4.63. The lowest BCUT2D eigenvalue weighted by atomic mass is 10.0. The van der Waals surface area contributed by atoms with Crippen LogP contribution in [0, 0.1) is 12.8 Å². The summed E-state index contributed by atoms with van der Waals surface area (Å²) in [5.74, 6) is -2.52. The predicted octanol–water partition coefficient (Wildman–Crippen LogP) is 3.25. The summed E-state index contributed by atoms with van der Waals surface area (Å²) in [4.78, 5) is 42.0. The fourth-order valence-corrected chi connectivity index (χ4v) is 2.58. The molecular formula is C18H14ClN3O3. The van der Waals surface area contributed by atoms with Crippen molar-refractivity contribution in [2.45, 2.75) is 6.92 Å². The zero-order chi connectivity index (χ0) is 18.0. The fourth-order valence-electron chi connectivity index (χ4n) is 2.45. The van der Waals surface area contributed by atoms with Gasteiger partial charge in [0.05, 0.1) is 11.4 Å². The Morgan fingerprint density at radius 2 is 1.76 bits per heavy atom. The number of nitrogens with one attached hydrogen (secondary N) is 1. The highest BCUT2D eigenvalue weighted by Crippen LogP contribution is 2.24. The Bertz CT molecular complexity index is 877. The van der Waals surface area contributed by atoms with Crippen molar-refractivity contribution in [3.05, 3.63) is 59.1 Å². The van der Waals surface area contributed by atoms with Gasteiger partial charge in [-0.1, -0.05) is 29.8 Å². The molecule has 0 saturated carbocycles. The number of rotatable bonds is 3. The van der Waals surface area contributed by atoms with Crippen molar-refractivity contribution < 1.29 is 14.4 Å². The summed E-state index contributed by atoms with van der Waals surface area (Å²) in [5.41, 5.74) is 1.72. The van der Waals surface area contributed by atoms with Crippen molar-refractivity contribution in [2.24, 2.45) is 10.9 Å². The number of urea groups is 1. The number of anilines is 1. The van der Waals surface area contributed by atoms with E-state index in [2.05, 4.69) is 10.3 Å². The number of carbonyl (C=O) groups is 3. The van der Waals surface area contributed by atoms with Gasteiger partial charge in [0.1, 0.15) is 0 Å². The number of amides is 4. The molecule has 1 fully saturated rings. The molecule has 0 radical (unpaired) electrons. The van der Waals surface area contributed by atoms with E-state index in [0.717, 1.165) is 10.5 Å². The van der Waals surface area contributed by atoms with Gasteiger partial charge in [0.25, 0.3) is 5.91 Å². The predicted molar refractivity (Wildman–Crippen MR) is 95.3 cm³/mol. The smallest absolute Gasteiger partial charge is 0.276 e. The van der Waals surface area contributed by atoms with Crippen LogP contribution in [-0.2, 0) is 9.59 Å². The number of para-hydroxylation sites is 1. The average Bonchev–Trinajstić information content (AvgIpc) is 2.57. The third-order valence-corrected chi connectivity index (χ3v) is 4.01. The van der Waals surface area contributed by atoms with Crippen LogP contribution < -0.4 is 10.2 Å². The molecule has 0 aromatic heterocycles. The maximum absolute atomic E-state index is 12.7. The standard InChI is InChI=1S/C18H14ClN3O3/c1-11-4-2-3-5-15(11)22-17(24)14(16(23)21-18(22)25)10-20-13-8-6-12(19)7-9-13/h2-10,14H,1H3,(H,21,23,25)/t14-/m1/s1. The molecule has 0 aliphatic carbocycles. The molecule has 2 aromatic rings. The Morgan fingerprint density at radius 1 is 1.08 bits per heavy atom. The molecule has 1 aliphatic heterocycles. The van der Waals surface area contributed by atoms with Crippen LogP contribution >= 0.6 is 11.6 Å². The van der Waals surface area contributed by atoms with E-state index in [-0.39, 0.29) is 0 Å². The van der Waals surface area contributed by atoms with E-state index in [1.807, 2.05) is 0 Å². The summed E-state index contributed by atoms with van der Waals surface area (Å²) in [7, 11) is 0. The summed E-state index contributed by atoms with van der Waals surface area (Å²) >= 11 is 5.81. The number of imide groups is 2. The normalized spacial score (nSPS) is 17.9. The fraction of sp³-hybridized carbons (Fsp3) is 0.111. The van der Waals surface area contributed by atoms with E-state index in [1.54, 1.807) is 55.5 Å². The van der Waals surface area contributed by atoms with Gasteiger partial charge in [-0.15, -0.1) is 0 Å². The second-order valence-electron chi connectivity index (χ2n) is 5.49. The van der Waals surface area contributed by atoms with Crippen LogP contribution in [-0.4, -0.2) is 24.1 Å². The molecule has 0 unspecified atom stereocenters. The van der Waals surface area contributed by atoms with Crippen molar-refractivity contribution in [1.82, 2.24) is 5.32 Å². The van der Waals surface area contributed by atoms with Gasteiger partial charge in [-0.3, -0.25) is 19.9 Å². The lowest BCUT2D eigenvalue weighted by Crippen LogP contribution is -2.58. The SMILES string of the molecule is Cc1ccccc1N1C(=O)NC(=O)[C@@H](C=Nc2ccc(Cl)cc2)C1=O. The van der Waals surface area contributed by atoms with Crippen LogP contribution in [0.3, 0.4) is 0 Å². The largest absolute Gasteiger partial charge is 0.335 e. The van der Waals surface area contributed by atoms with Gasteiger partial charge in [-0.2, -0.15) is 0 Å². The summed E-state index contributed by atoms with van der Waals surface area (Å²) in [6.45, 7) is 1.78. The van der Waals surface area contributed by atoms with Gasteiger partial charge in [0.2, 0.25) is 5.91 Å². The number of halogens is 1. The van der Waals surface area contributed by atoms with Crippen molar-refractivity contribution in [2.75, 3.05) is 4.90 Å². The molecule has 6 nitrogen and oxygen atoms in total. The number of hydrogen-bond acceptors (Lipinski definition) is 4. The summed E-state index contributed by atoms with van der Waals surface area (Å²) < 4.78 is 0. The van der Waals surface area contributed by atoms with Gasteiger partial charge < -0.3 is 0 Å². The second kappa shape index (κ2) is 6.86. The van der Waals surface area contributed by atoms with Crippen molar-refractivity contribution in [3.63, 3.8) is 0 Å². The quantitative estimate of drug-likeness (QED) is 0.678. The number of barbiturate groups is 1. The van der Waals surface area contributed by atoms with E-state index >= 15 is 0 Å². The van der Waals surface area contributed by atoms with Crippen LogP contribution in [0.4, 0.5) is 16.2 Å². The topological polar surface area (TPSA) is 78.8 Å². The van der Waals surface area contributed by atoms with Crippen LogP contribution in [0.5, 0.6) is 0 Å². The molecule has 0 spiro atoms. The average molecular weight is 356 g/mol. The molecule has 1 N–H and O–H groups in total. The molecule has 4 amide bonds. The van der Waals surface area contributed by atoms with Gasteiger partial charge >= 0.3 is 6.03 Å². The first-order valence-electron chi connectivity index (χ1n) is 7.51. The Labute approximate surface area is 149 Å². The molecule has 7 heteroatoms. The highest BCUT2D eigenvalue weighted by molar-refractivity contribution is 6.33. The Morgan fingerprint density at radius 3 is 2.44 bits per heavy atom.